The zero-order chi connectivity index (χ0) is 9.26. The smallest absolute Gasteiger partial charge is 0.319 e. The second-order valence-electron chi connectivity index (χ2n) is 2.51. The van der Waals surface area contributed by atoms with Gasteiger partial charge in [0.25, 0.3) is 0 Å². The molecule has 0 radical (unpaired) electrons. The van der Waals surface area contributed by atoms with Crippen LogP contribution in [0.3, 0.4) is 0 Å². The van der Waals surface area contributed by atoms with E-state index in [1.54, 1.807) is 18.3 Å². The molecule has 0 aromatic carbocycles. The number of aromatic nitrogens is 3. The monoisotopic (exact) mass is 177 g/mol. The molecule has 66 valence electrons. The summed E-state index contributed by atoms with van der Waals surface area (Å²) in [6, 6.07) is 3.53. The molecule has 0 aliphatic carbocycles. The summed E-state index contributed by atoms with van der Waals surface area (Å²) in [5.41, 5.74) is 1.38. The van der Waals surface area contributed by atoms with E-state index in [1.807, 2.05) is 0 Å². The molecule has 2 aromatic heterocycles. The fourth-order valence-corrected chi connectivity index (χ4v) is 1.03. The van der Waals surface area contributed by atoms with E-state index in [0.29, 0.717) is 11.0 Å². The first-order valence-electron chi connectivity index (χ1n) is 3.75. The second-order valence-corrected chi connectivity index (χ2v) is 2.51. The highest BCUT2D eigenvalue weighted by atomic mass is 16.7. The molecule has 2 rings (SSSR count). The van der Waals surface area contributed by atoms with Crippen molar-refractivity contribution in [2.45, 2.75) is 6.92 Å². The van der Waals surface area contributed by atoms with E-state index in [-0.39, 0.29) is 0 Å². The van der Waals surface area contributed by atoms with E-state index >= 15 is 0 Å². The minimum absolute atomic E-state index is 0.408. The minimum Gasteiger partial charge on any atom is -0.319 e. The zero-order valence-corrected chi connectivity index (χ0v) is 6.97. The Bertz CT molecular complexity index is 449. The Hall–Kier alpha value is -1.91. The normalized spacial score (nSPS) is 10.2. The Morgan fingerprint density at radius 3 is 3.23 bits per heavy atom. The van der Waals surface area contributed by atoms with Crippen molar-refractivity contribution < 1.29 is 9.63 Å². The van der Waals surface area contributed by atoms with Crippen LogP contribution in [0.2, 0.25) is 0 Å². The Kier molecular flexibility index (Phi) is 1.70. The fourth-order valence-electron chi connectivity index (χ4n) is 1.03. The maximum Gasteiger partial charge on any atom is 0.331 e. The molecular weight excluding hydrogens is 170 g/mol. The maximum absolute atomic E-state index is 10.7. The number of pyridine rings is 1. The van der Waals surface area contributed by atoms with Crippen LogP contribution in [0.15, 0.2) is 24.5 Å². The quantitative estimate of drug-likeness (QED) is 0.632. The molecule has 5 nitrogen and oxygen atoms in total. The lowest BCUT2D eigenvalue weighted by atomic mass is 10.4. The van der Waals surface area contributed by atoms with Gasteiger partial charge >= 0.3 is 5.97 Å². The van der Waals surface area contributed by atoms with Crippen molar-refractivity contribution in [3.63, 3.8) is 0 Å². The first kappa shape index (κ1) is 7.72. The van der Waals surface area contributed by atoms with Crippen molar-refractivity contribution in [3.05, 3.63) is 24.5 Å². The first-order chi connectivity index (χ1) is 6.27. The van der Waals surface area contributed by atoms with Crippen LogP contribution in [0.5, 0.6) is 0 Å². The van der Waals surface area contributed by atoms with Crippen molar-refractivity contribution in [1.29, 1.82) is 0 Å². The van der Waals surface area contributed by atoms with Gasteiger partial charge in [-0.3, -0.25) is 4.98 Å². The summed E-state index contributed by atoms with van der Waals surface area (Å²) in [6.07, 6.45) is 3.19. The molecule has 0 saturated carbocycles. The second kappa shape index (κ2) is 2.85. The largest absolute Gasteiger partial charge is 0.331 e. The van der Waals surface area contributed by atoms with E-state index < -0.39 is 5.97 Å². The van der Waals surface area contributed by atoms with E-state index in [0.717, 1.165) is 4.85 Å². The van der Waals surface area contributed by atoms with Crippen molar-refractivity contribution in [2.24, 2.45) is 0 Å². The van der Waals surface area contributed by atoms with Gasteiger partial charge in [0, 0.05) is 13.1 Å². The number of rotatable bonds is 1. The number of fused-ring (bicyclic) bond motifs is 1. The molecule has 5 heteroatoms. The van der Waals surface area contributed by atoms with E-state index in [2.05, 4.69) is 10.1 Å². The van der Waals surface area contributed by atoms with E-state index in [9.17, 15) is 4.79 Å². The van der Waals surface area contributed by atoms with Crippen molar-refractivity contribution in [1.82, 2.24) is 14.9 Å². The lowest BCUT2D eigenvalue weighted by molar-refractivity contribution is -0.142. The molecule has 0 spiro atoms. The van der Waals surface area contributed by atoms with Gasteiger partial charge < -0.3 is 4.84 Å². The third-order valence-corrected chi connectivity index (χ3v) is 1.52. The van der Waals surface area contributed by atoms with Gasteiger partial charge in [0.05, 0.1) is 6.20 Å². The van der Waals surface area contributed by atoms with Crippen LogP contribution in [0.1, 0.15) is 6.92 Å². The van der Waals surface area contributed by atoms with Gasteiger partial charge in [-0.05, 0) is 12.1 Å². The fraction of sp³-hybridized carbons (Fsp3) is 0.125. The molecule has 0 bridgehead atoms. The molecule has 0 fully saturated rings. The summed E-state index contributed by atoms with van der Waals surface area (Å²) in [6.45, 7) is 1.32. The van der Waals surface area contributed by atoms with Gasteiger partial charge in [-0.15, -0.1) is 5.10 Å². The van der Waals surface area contributed by atoms with Crippen LogP contribution < -0.4 is 4.84 Å². The highest BCUT2D eigenvalue weighted by Crippen LogP contribution is 2.07. The Labute approximate surface area is 73.9 Å². The number of hydrogen-bond donors (Lipinski definition) is 0. The average Bonchev–Trinajstić information content (AvgIpc) is 2.48. The summed E-state index contributed by atoms with van der Waals surface area (Å²) >= 11 is 0. The lowest BCUT2D eigenvalue weighted by Gasteiger charge is -1.99. The Morgan fingerprint density at radius 2 is 2.46 bits per heavy atom. The molecule has 13 heavy (non-hydrogen) atoms. The number of nitrogens with zero attached hydrogens (tertiary/aromatic N) is 3. The maximum atomic E-state index is 10.7. The molecule has 0 amide bonds. The lowest BCUT2D eigenvalue weighted by Crippen LogP contribution is -2.17. The molecule has 2 aromatic rings. The van der Waals surface area contributed by atoms with Crippen molar-refractivity contribution >= 4 is 17.0 Å². The summed E-state index contributed by atoms with van der Waals surface area (Å²) in [4.78, 5) is 20.6. The third kappa shape index (κ3) is 1.35. The van der Waals surface area contributed by atoms with Gasteiger partial charge in [-0.25, -0.2) is 4.79 Å². The zero-order valence-electron chi connectivity index (χ0n) is 6.97. The third-order valence-electron chi connectivity index (χ3n) is 1.52. The minimum atomic E-state index is -0.408. The predicted molar refractivity (Wildman–Crippen MR) is 44.8 cm³/mol. The van der Waals surface area contributed by atoms with Gasteiger partial charge in [0.2, 0.25) is 0 Å². The summed E-state index contributed by atoms with van der Waals surface area (Å²) in [5.74, 6) is -0.408. The SMILES string of the molecule is CC(=O)On1ncc2ncccc21. The van der Waals surface area contributed by atoms with Gasteiger partial charge in [0.15, 0.2) is 0 Å². The number of carbonyl (C=O) groups is 1. The topological polar surface area (TPSA) is 57.0 Å². The molecule has 2 heterocycles. The number of carbonyl (C=O) groups excluding carboxylic acids is 1. The van der Waals surface area contributed by atoms with Crippen LogP contribution in [0, 0.1) is 0 Å². The first-order valence-corrected chi connectivity index (χ1v) is 3.75. The Balaban J connectivity index is 2.51. The summed E-state index contributed by atoms with van der Waals surface area (Å²) in [7, 11) is 0. The molecule has 0 N–H and O–H groups in total. The predicted octanol–water partition coefficient (Wildman–Crippen LogP) is 0.406. The highest BCUT2D eigenvalue weighted by molar-refractivity contribution is 5.74. The molecule has 0 aliphatic rings. The molecule has 0 aliphatic heterocycles. The standard InChI is InChI=1S/C8H7N3O2/c1-6(12)13-11-8-3-2-4-9-7(8)5-10-11/h2-5H,1H3. The molecule has 0 atom stereocenters. The molecular formula is C8H7N3O2. The van der Waals surface area contributed by atoms with Crippen molar-refractivity contribution in [3.8, 4) is 0 Å². The van der Waals surface area contributed by atoms with Crippen LogP contribution in [0.4, 0.5) is 0 Å². The van der Waals surface area contributed by atoms with Crippen molar-refractivity contribution in [2.75, 3.05) is 0 Å². The average molecular weight is 177 g/mol. The molecule has 0 saturated heterocycles. The van der Waals surface area contributed by atoms with E-state index in [4.69, 9.17) is 4.84 Å². The van der Waals surface area contributed by atoms with E-state index in [1.165, 1.54) is 13.1 Å². The van der Waals surface area contributed by atoms with Gasteiger partial charge in [-0.1, -0.05) is 4.85 Å². The van der Waals surface area contributed by atoms with Crippen LogP contribution in [-0.4, -0.2) is 20.9 Å². The van der Waals surface area contributed by atoms with Gasteiger partial charge in [-0.2, -0.15) is 0 Å². The summed E-state index contributed by atoms with van der Waals surface area (Å²) < 4.78 is 0. The van der Waals surface area contributed by atoms with Gasteiger partial charge in [0.1, 0.15) is 11.0 Å². The molecule has 0 unspecified atom stereocenters. The Morgan fingerprint density at radius 1 is 1.62 bits per heavy atom. The van der Waals surface area contributed by atoms with Crippen LogP contribution in [0.25, 0.3) is 11.0 Å². The van der Waals surface area contributed by atoms with Crippen LogP contribution in [-0.2, 0) is 4.79 Å². The summed E-state index contributed by atoms with van der Waals surface area (Å²) in [5, 5.41) is 3.85. The van der Waals surface area contributed by atoms with Crippen LogP contribution >= 0.6 is 0 Å². The highest BCUT2D eigenvalue weighted by Gasteiger charge is 2.04. The number of hydrogen-bond acceptors (Lipinski definition) is 4.